The number of rotatable bonds is 9. The van der Waals surface area contributed by atoms with Crippen molar-refractivity contribution >= 4 is 40.0 Å². The molecule has 35 heavy (non-hydrogen) atoms. The Kier molecular flexibility index (Phi) is 7.97. The van der Waals surface area contributed by atoms with Crippen molar-refractivity contribution in [2.24, 2.45) is 5.92 Å². The Morgan fingerprint density at radius 2 is 2.11 bits per heavy atom. The van der Waals surface area contributed by atoms with Crippen molar-refractivity contribution in [2.45, 2.75) is 44.6 Å². The van der Waals surface area contributed by atoms with E-state index in [0.717, 1.165) is 29.7 Å². The van der Waals surface area contributed by atoms with E-state index in [1.807, 2.05) is 0 Å². The lowest BCUT2D eigenvalue weighted by Crippen LogP contribution is -2.34. The van der Waals surface area contributed by atoms with Crippen LogP contribution in [0.5, 0.6) is 11.7 Å². The minimum Gasteiger partial charge on any atom is -0.538 e. The van der Waals surface area contributed by atoms with Gasteiger partial charge < -0.3 is 24.4 Å². The highest BCUT2D eigenvalue weighted by atomic mass is 32.2. The highest BCUT2D eigenvalue weighted by molar-refractivity contribution is 7.99. The largest absolute Gasteiger partial charge is 0.538 e. The summed E-state index contributed by atoms with van der Waals surface area (Å²) in [5.41, 5.74) is 2.12. The van der Waals surface area contributed by atoms with E-state index in [1.54, 1.807) is 38.3 Å². The highest BCUT2D eigenvalue weighted by Gasteiger charge is 2.29. The van der Waals surface area contributed by atoms with E-state index in [-0.39, 0.29) is 24.0 Å². The molecule has 1 aliphatic rings. The van der Waals surface area contributed by atoms with Crippen LogP contribution in [0.3, 0.4) is 0 Å². The second-order valence-electron chi connectivity index (χ2n) is 8.20. The van der Waals surface area contributed by atoms with Gasteiger partial charge in [-0.25, -0.2) is 4.79 Å². The summed E-state index contributed by atoms with van der Waals surface area (Å²) < 4.78 is 16.7. The first-order chi connectivity index (χ1) is 16.9. The van der Waals surface area contributed by atoms with Gasteiger partial charge in [-0.15, -0.1) is 11.3 Å². The Hall–Kier alpha value is -3.05. The zero-order valence-electron chi connectivity index (χ0n) is 19.8. The first kappa shape index (κ1) is 25.1. The third-order valence-electron chi connectivity index (χ3n) is 5.70. The SMILES string of the molecule is CCOC(=O)c1c(NC(=O)CCSc2c([O-])on[n+]2-c2ccc(OC)cc2)sc2c1CCC(C)C2. The molecule has 2 aromatic heterocycles. The van der Waals surface area contributed by atoms with Crippen molar-refractivity contribution in [2.75, 3.05) is 24.8 Å². The molecule has 0 saturated carbocycles. The topological polar surface area (TPSA) is 118 Å². The molecule has 3 aromatic rings. The molecule has 0 spiro atoms. The maximum Gasteiger partial charge on any atom is 0.341 e. The zero-order chi connectivity index (χ0) is 24.9. The number of anilines is 1. The van der Waals surface area contributed by atoms with E-state index >= 15 is 0 Å². The van der Waals surface area contributed by atoms with E-state index in [0.29, 0.717) is 33.7 Å². The molecular weight excluding hydrogens is 490 g/mol. The van der Waals surface area contributed by atoms with Gasteiger partial charge in [0.25, 0.3) is 5.03 Å². The lowest BCUT2D eigenvalue weighted by atomic mass is 9.88. The smallest absolute Gasteiger partial charge is 0.341 e. The van der Waals surface area contributed by atoms with Crippen molar-refractivity contribution < 1.29 is 33.4 Å². The second kappa shape index (κ2) is 11.1. The van der Waals surface area contributed by atoms with Crippen molar-refractivity contribution in [3.05, 3.63) is 40.3 Å². The maximum absolute atomic E-state index is 12.8. The first-order valence-corrected chi connectivity index (χ1v) is 13.2. The van der Waals surface area contributed by atoms with E-state index in [4.69, 9.17) is 14.0 Å². The molecular formula is C24H27N3O6S2. The normalized spacial score (nSPS) is 14.9. The lowest BCUT2D eigenvalue weighted by Gasteiger charge is -2.18. The summed E-state index contributed by atoms with van der Waals surface area (Å²) in [4.78, 5) is 26.5. The minimum absolute atomic E-state index is 0.138. The van der Waals surface area contributed by atoms with Crippen LogP contribution in [0.15, 0.2) is 33.8 Å². The molecule has 1 unspecified atom stereocenters. The number of fused-ring (bicyclic) bond motifs is 1. The highest BCUT2D eigenvalue weighted by Crippen LogP contribution is 2.40. The summed E-state index contributed by atoms with van der Waals surface area (Å²) in [6.45, 7) is 4.23. The van der Waals surface area contributed by atoms with Crippen LogP contribution in [0.4, 0.5) is 5.00 Å². The van der Waals surface area contributed by atoms with E-state index in [9.17, 15) is 14.7 Å². The van der Waals surface area contributed by atoms with Crippen LogP contribution in [-0.2, 0) is 22.4 Å². The van der Waals surface area contributed by atoms with Gasteiger partial charge in [0, 0.05) is 29.2 Å². The van der Waals surface area contributed by atoms with Gasteiger partial charge in [-0.2, -0.15) is 0 Å². The van der Waals surface area contributed by atoms with Crippen molar-refractivity contribution in [1.29, 1.82) is 0 Å². The standard InChI is InChI=1S/C24H27N3O6S2/c1-4-32-23(29)20-17-10-5-14(2)13-18(17)35-21(20)25-19(28)11-12-34-22-24(30)33-26-27(22)15-6-8-16(31-3)9-7-15/h6-9,14H,4-5,10-13H2,1-3H3,(H-,25,26,28,29,30). The Bertz CT molecular complexity index is 1200. The number of nitrogens with zero attached hydrogens (tertiary/aromatic N) is 2. The molecule has 186 valence electrons. The third-order valence-corrected chi connectivity index (χ3v) is 7.89. The fourth-order valence-corrected chi connectivity index (χ4v) is 6.25. The number of thioether (sulfide) groups is 1. The summed E-state index contributed by atoms with van der Waals surface area (Å²) in [5, 5.41) is 19.7. The summed E-state index contributed by atoms with van der Waals surface area (Å²) in [7, 11) is 1.57. The van der Waals surface area contributed by atoms with Gasteiger partial charge in [0.1, 0.15) is 10.8 Å². The van der Waals surface area contributed by atoms with Crippen LogP contribution >= 0.6 is 23.1 Å². The van der Waals surface area contributed by atoms with Crippen LogP contribution in [0.25, 0.3) is 5.69 Å². The Morgan fingerprint density at radius 1 is 1.34 bits per heavy atom. The number of carbonyl (C=O) groups is 2. The second-order valence-corrected chi connectivity index (χ2v) is 10.4. The van der Waals surface area contributed by atoms with E-state index in [2.05, 4.69) is 17.5 Å². The number of methoxy groups -OCH3 is 1. The molecule has 0 aliphatic heterocycles. The van der Waals surface area contributed by atoms with Crippen LogP contribution in [-0.4, -0.2) is 36.6 Å². The van der Waals surface area contributed by atoms with E-state index in [1.165, 1.54) is 27.8 Å². The monoisotopic (exact) mass is 517 g/mol. The Labute approximate surface area is 211 Å². The molecule has 2 heterocycles. The molecule has 9 nitrogen and oxygen atoms in total. The average molecular weight is 518 g/mol. The van der Waals surface area contributed by atoms with Crippen molar-refractivity contribution in [3.8, 4) is 17.4 Å². The quantitative estimate of drug-likeness (QED) is 0.260. The minimum atomic E-state index is -0.573. The van der Waals surface area contributed by atoms with Gasteiger partial charge in [0.15, 0.2) is 5.95 Å². The number of hydrogen-bond donors (Lipinski definition) is 1. The molecule has 0 bridgehead atoms. The number of aromatic nitrogens is 2. The van der Waals surface area contributed by atoms with Gasteiger partial charge in [0.05, 0.1) is 24.6 Å². The predicted octanol–water partition coefficient (Wildman–Crippen LogP) is 3.52. The number of nitrogens with one attached hydrogen (secondary N) is 1. The molecule has 1 atom stereocenters. The fourth-order valence-electron chi connectivity index (χ4n) is 3.94. The average Bonchev–Trinajstić information content (AvgIpc) is 3.38. The zero-order valence-corrected chi connectivity index (χ0v) is 21.4. The molecule has 0 saturated heterocycles. The predicted molar refractivity (Wildman–Crippen MR) is 129 cm³/mol. The number of amides is 1. The van der Waals surface area contributed by atoms with Crippen LogP contribution in [0.1, 0.15) is 47.5 Å². The van der Waals surface area contributed by atoms with Crippen LogP contribution in [0.2, 0.25) is 0 Å². The third kappa shape index (κ3) is 5.62. The number of thiophene rings is 1. The van der Waals surface area contributed by atoms with Crippen molar-refractivity contribution in [3.63, 3.8) is 0 Å². The summed E-state index contributed by atoms with van der Waals surface area (Å²) >= 11 is 2.64. The molecule has 0 fully saturated rings. The molecule has 4 rings (SSSR count). The molecule has 1 N–H and O–H groups in total. The number of carbonyl (C=O) groups excluding carboxylic acids is 2. The maximum atomic E-state index is 12.8. The molecule has 1 aliphatic carbocycles. The number of esters is 1. The van der Waals surface area contributed by atoms with E-state index < -0.39 is 11.9 Å². The Balaban J connectivity index is 1.43. The summed E-state index contributed by atoms with van der Waals surface area (Å²) in [5.74, 6) is 0.335. The number of hydrogen-bond acceptors (Lipinski definition) is 9. The van der Waals surface area contributed by atoms with Crippen LogP contribution < -0.4 is 19.8 Å². The first-order valence-electron chi connectivity index (χ1n) is 11.4. The van der Waals surface area contributed by atoms with Gasteiger partial charge >= 0.3 is 5.97 Å². The summed E-state index contributed by atoms with van der Waals surface area (Å²) in [6.07, 6.45) is 2.84. The van der Waals surface area contributed by atoms with Gasteiger partial charge in [0.2, 0.25) is 11.6 Å². The lowest BCUT2D eigenvalue weighted by molar-refractivity contribution is -0.705. The Morgan fingerprint density at radius 3 is 2.83 bits per heavy atom. The van der Waals surface area contributed by atoms with Gasteiger partial charge in [-0.1, -0.05) is 18.7 Å². The summed E-state index contributed by atoms with van der Waals surface area (Å²) in [6, 6.07) is 7.03. The molecule has 0 radical (unpaired) electrons. The van der Waals surface area contributed by atoms with Crippen LogP contribution in [0, 0.1) is 5.92 Å². The number of ether oxygens (including phenoxy) is 2. The van der Waals surface area contributed by atoms with Gasteiger partial charge in [-0.05, 0) is 54.5 Å². The molecule has 1 aromatic carbocycles. The fraction of sp³-hybridized carbons (Fsp3) is 0.417. The molecule has 1 amide bonds. The number of benzene rings is 1. The molecule has 11 heteroatoms. The van der Waals surface area contributed by atoms with Gasteiger partial charge in [-0.3, -0.25) is 4.79 Å². The van der Waals surface area contributed by atoms with Crippen molar-refractivity contribution in [1.82, 2.24) is 5.27 Å².